The molecular weight excluding hydrogens is 1010 g/mol. The van der Waals surface area contributed by atoms with Gasteiger partial charge >= 0.3 is 17.9 Å². The van der Waals surface area contributed by atoms with Crippen molar-refractivity contribution in [3.63, 3.8) is 0 Å². The summed E-state index contributed by atoms with van der Waals surface area (Å²) < 4.78 is 17.7. The summed E-state index contributed by atoms with van der Waals surface area (Å²) in [5, 5.41) is 132. The number of guanidine groups is 1. The van der Waals surface area contributed by atoms with E-state index in [9.17, 15) is 75.7 Å². The smallest absolute Gasteiger partial charge is 0.317 e. The van der Waals surface area contributed by atoms with Gasteiger partial charge in [0, 0.05) is 43.6 Å². The van der Waals surface area contributed by atoms with Crippen molar-refractivity contribution in [1.29, 1.82) is 0 Å². The number of ether oxygens (including phenoxy) is 3. The van der Waals surface area contributed by atoms with Gasteiger partial charge in [0.1, 0.15) is 24.7 Å². The molecule has 452 valence electrons. The van der Waals surface area contributed by atoms with Gasteiger partial charge in [0.15, 0.2) is 11.7 Å². The number of carbonyl (C=O) groups is 3. The summed E-state index contributed by atoms with van der Waals surface area (Å²) >= 11 is 0. The number of hydrogen-bond donors (Lipinski definition) is 14. The largest absolute Gasteiger partial charge is 0.481 e. The number of carboxylic acids is 1. The number of aliphatic hydroxyl groups is 11. The van der Waals surface area contributed by atoms with E-state index >= 15 is 0 Å². The van der Waals surface area contributed by atoms with E-state index in [0.717, 1.165) is 31.3 Å². The molecule has 0 amide bonds. The zero-order valence-electron chi connectivity index (χ0n) is 47.8. The highest BCUT2D eigenvalue weighted by atomic mass is 16.7. The average Bonchev–Trinajstić information content (AvgIpc) is 3.34. The summed E-state index contributed by atoms with van der Waals surface area (Å²) in [6, 6.07) is 0. The summed E-state index contributed by atoms with van der Waals surface area (Å²) in [5.41, 5.74) is 12.5. The quantitative estimate of drug-likeness (QED) is 0.0333. The van der Waals surface area contributed by atoms with Crippen LogP contribution in [0.25, 0.3) is 0 Å². The molecule has 1 saturated heterocycles. The number of nitrogens with two attached hydrogens (primary N) is 2. The second-order valence-electron chi connectivity index (χ2n) is 23.2. The van der Waals surface area contributed by atoms with Crippen LogP contribution in [0.3, 0.4) is 0 Å². The van der Waals surface area contributed by atoms with E-state index in [0.29, 0.717) is 31.4 Å². The third kappa shape index (κ3) is 24.6. The molecule has 2 aliphatic heterocycles. The van der Waals surface area contributed by atoms with Crippen LogP contribution < -0.4 is 11.5 Å². The fraction of sp³-hybridized carbons (Fsp3) is 0.825. The van der Waals surface area contributed by atoms with Crippen LogP contribution in [0.5, 0.6) is 0 Å². The maximum atomic E-state index is 14.3. The highest BCUT2D eigenvalue weighted by Gasteiger charge is 2.50. The standard InChI is InChI=1S/C57H101N3O18/c1-31(15-12-10-11-13-22-60-56(58)59)23-36(6)53-35(5)17-14-16-34(4)52(72)38(8)45(65)26-41(62)24-40(61)25-42-27-47(67)54(73)57(75,78-42)30-48(68)33(3)18-20-43(63)37(7)46(66)28-44(64)32(2)19-21-49(39(9)55(74)77-53)76-51(71)29-50(69)70/h15-16,19,21,32-33,35-49,52-54,61-68,72-73,75H,10-14,17-18,20,22-30H2,1-9H3,(H,69,70)(H4,58,59,60)/b21-19-,31-15+,34-16-/t32-,33-,35-,36+,37+,38+,39-,40+,41+,42+,43+,44+,45-,46-,47+,48-,49-,52+,53-,54-,57+/m1/s1. The Morgan fingerprint density at radius 1 is 0.782 bits per heavy atom. The first kappa shape index (κ1) is 70.5. The van der Waals surface area contributed by atoms with Crippen LogP contribution in [0.15, 0.2) is 40.4 Å². The monoisotopic (exact) mass is 1120 g/mol. The lowest BCUT2D eigenvalue weighted by Crippen LogP contribution is -2.59. The lowest BCUT2D eigenvalue weighted by atomic mass is 9.83. The highest BCUT2D eigenvalue weighted by molar-refractivity contribution is 5.90. The van der Waals surface area contributed by atoms with Crippen LogP contribution in [0.2, 0.25) is 0 Å². The number of aliphatic carboxylic acids is 1. The number of rotatable bonds is 12. The van der Waals surface area contributed by atoms with E-state index in [4.69, 9.17) is 25.7 Å². The molecule has 0 aliphatic carbocycles. The molecule has 0 unspecified atom stereocenters. The molecule has 21 heteroatoms. The molecule has 2 rings (SSSR count). The fourth-order valence-electron chi connectivity index (χ4n) is 10.4. The lowest BCUT2D eigenvalue weighted by molar-refractivity contribution is -0.333. The first-order valence-corrected chi connectivity index (χ1v) is 28.3. The van der Waals surface area contributed by atoms with Crippen molar-refractivity contribution in [3.05, 3.63) is 35.5 Å². The number of aliphatic hydroxyl groups excluding tert-OH is 10. The Balaban J connectivity index is 2.52. The van der Waals surface area contributed by atoms with E-state index in [1.165, 1.54) is 19.1 Å². The maximum absolute atomic E-state index is 14.3. The van der Waals surface area contributed by atoms with E-state index in [1.807, 2.05) is 26.8 Å². The third-order valence-corrected chi connectivity index (χ3v) is 16.0. The fourth-order valence-corrected chi connectivity index (χ4v) is 10.4. The number of unbranched alkanes of at least 4 members (excludes halogenated alkanes) is 3. The zero-order valence-corrected chi connectivity index (χ0v) is 47.8. The van der Waals surface area contributed by atoms with Crippen molar-refractivity contribution in [1.82, 2.24) is 0 Å². The average molecular weight is 1120 g/mol. The number of nitrogens with zero attached hydrogens (tertiary/aromatic N) is 1. The minimum Gasteiger partial charge on any atom is -0.481 e. The minimum absolute atomic E-state index is 0.0532. The Labute approximate surface area is 462 Å². The molecule has 16 N–H and O–H groups in total. The molecular formula is C57H101N3O18. The Hall–Kier alpha value is -3.58. The second-order valence-corrected chi connectivity index (χ2v) is 23.2. The van der Waals surface area contributed by atoms with Crippen molar-refractivity contribution in [2.24, 2.45) is 57.9 Å². The van der Waals surface area contributed by atoms with E-state index < -0.39 is 145 Å². The molecule has 78 heavy (non-hydrogen) atoms. The Bertz CT molecular complexity index is 1920. The normalized spacial score (nSPS) is 39.2. The van der Waals surface area contributed by atoms with Crippen molar-refractivity contribution in [2.45, 2.75) is 250 Å². The van der Waals surface area contributed by atoms with Crippen LogP contribution in [0.1, 0.15) is 165 Å². The van der Waals surface area contributed by atoms with Crippen LogP contribution in [-0.4, -0.2) is 177 Å². The van der Waals surface area contributed by atoms with Crippen LogP contribution >= 0.6 is 0 Å². The van der Waals surface area contributed by atoms with Gasteiger partial charge in [-0.15, -0.1) is 0 Å². The number of hydrogen-bond acceptors (Lipinski definition) is 18. The van der Waals surface area contributed by atoms with Gasteiger partial charge in [-0.25, -0.2) is 0 Å². The molecule has 2 aliphatic rings. The number of esters is 2. The summed E-state index contributed by atoms with van der Waals surface area (Å²) in [6.07, 6.45) is -6.49. The molecule has 2 bridgehead atoms. The van der Waals surface area contributed by atoms with Gasteiger partial charge < -0.3 is 87.0 Å². The SMILES string of the molecule is C/C1=C/CC[C@@H](C)[C@H]([C@@H](C)C/C(C)=C/CCCCCN=C(N)N)OC(=O)[C@H](C)[C@H](OC(=O)CC(=O)O)/C=C\[C@@H](C)[C@@H](O)C[C@@H](O)[C@@H](C)[C@@H](O)CC[C@@H](C)[C@H](O)C[C@]2(O)O[C@@H](C[C@@H](O)C[C@H](O)C[C@@H](O)[C@H](C)[C@H]1O)C[C@H](O)[C@H]2O. The molecule has 0 spiro atoms. The number of fused-ring (bicyclic) bond motifs is 2. The first-order valence-electron chi connectivity index (χ1n) is 28.3. The van der Waals surface area contributed by atoms with Gasteiger partial charge in [0.05, 0.1) is 67.0 Å². The maximum Gasteiger partial charge on any atom is 0.317 e. The number of cyclic esters (lactones) is 1. The van der Waals surface area contributed by atoms with Crippen molar-refractivity contribution in [3.8, 4) is 0 Å². The summed E-state index contributed by atoms with van der Waals surface area (Å²) in [5.74, 6) is -10.2. The molecule has 2 heterocycles. The molecule has 21 atom stereocenters. The van der Waals surface area contributed by atoms with Crippen LogP contribution in [-0.2, 0) is 28.6 Å². The van der Waals surface area contributed by atoms with Gasteiger partial charge in [-0.2, -0.15) is 0 Å². The van der Waals surface area contributed by atoms with Crippen molar-refractivity contribution >= 4 is 23.9 Å². The Kier molecular flexibility index (Phi) is 31.3. The van der Waals surface area contributed by atoms with Crippen LogP contribution in [0, 0.1) is 41.4 Å². The molecule has 1 fully saturated rings. The van der Waals surface area contributed by atoms with Gasteiger partial charge in [-0.1, -0.05) is 71.8 Å². The lowest BCUT2D eigenvalue weighted by Gasteiger charge is -2.45. The molecule has 0 aromatic heterocycles. The number of carbonyl (C=O) groups excluding carboxylic acids is 2. The topological polar surface area (TPSA) is 386 Å². The predicted molar refractivity (Wildman–Crippen MR) is 293 cm³/mol. The van der Waals surface area contributed by atoms with Gasteiger partial charge in [0.25, 0.3) is 0 Å². The molecule has 0 saturated carbocycles. The predicted octanol–water partition coefficient (Wildman–Crippen LogP) is 3.02. The summed E-state index contributed by atoms with van der Waals surface area (Å²) in [4.78, 5) is 42.6. The second kappa shape index (κ2) is 34.6. The van der Waals surface area contributed by atoms with E-state index in [-0.39, 0.29) is 62.7 Å². The van der Waals surface area contributed by atoms with Gasteiger partial charge in [-0.05, 0) is 121 Å². The first-order chi connectivity index (χ1) is 36.4. The number of aliphatic imine (C=N–C) groups is 1. The highest BCUT2D eigenvalue weighted by Crippen LogP contribution is 2.36. The third-order valence-electron chi connectivity index (χ3n) is 16.0. The minimum atomic E-state index is -2.43. The molecule has 0 aromatic rings. The Morgan fingerprint density at radius 3 is 2.06 bits per heavy atom. The molecule has 21 nitrogen and oxygen atoms in total. The van der Waals surface area contributed by atoms with E-state index in [1.54, 1.807) is 34.6 Å². The zero-order chi connectivity index (χ0) is 59.2. The van der Waals surface area contributed by atoms with Crippen LogP contribution in [0.4, 0.5) is 0 Å². The van der Waals surface area contributed by atoms with Crippen molar-refractivity contribution in [2.75, 3.05) is 6.54 Å². The van der Waals surface area contributed by atoms with E-state index in [2.05, 4.69) is 11.1 Å². The van der Waals surface area contributed by atoms with Crippen molar-refractivity contribution < 1.29 is 89.9 Å². The van der Waals surface area contributed by atoms with Gasteiger partial charge in [-0.3, -0.25) is 19.4 Å². The summed E-state index contributed by atoms with van der Waals surface area (Å²) in [7, 11) is 0. The Morgan fingerprint density at radius 2 is 1.42 bits per heavy atom. The summed E-state index contributed by atoms with van der Waals surface area (Å²) in [6.45, 7) is 16.1. The molecule has 0 aromatic carbocycles. The number of carboxylic acid groups (broad SMARTS) is 1. The molecule has 0 radical (unpaired) electrons. The van der Waals surface area contributed by atoms with Gasteiger partial charge in [0.2, 0.25) is 0 Å². The number of allylic oxidation sites excluding steroid dienone is 3.